The maximum atomic E-state index is 12.4. The summed E-state index contributed by atoms with van der Waals surface area (Å²) >= 11 is 0. The van der Waals surface area contributed by atoms with Crippen LogP contribution in [0.3, 0.4) is 0 Å². The molecule has 1 fully saturated rings. The van der Waals surface area contributed by atoms with Gasteiger partial charge in [-0.05, 0) is 24.0 Å². The molecule has 3 rings (SSSR count). The van der Waals surface area contributed by atoms with E-state index in [1.807, 2.05) is 12.1 Å². The molecule has 0 unspecified atom stereocenters. The third-order valence-electron chi connectivity index (χ3n) is 4.97. The van der Waals surface area contributed by atoms with Gasteiger partial charge in [0.05, 0.1) is 6.61 Å². The van der Waals surface area contributed by atoms with Gasteiger partial charge in [-0.1, -0.05) is 49.9 Å². The van der Waals surface area contributed by atoms with Gasteiger partial charge in [-0.2, -0.15) is 0 Å². The van der Waals surface area contributed by atoms with E-state index in [-0.39, 0.29) is 17.6 Å². The Balaban J connectivity index is 1.54. The first kappa shape index (κ1) is 15.5. The van der Waals surface area contributed by atoms with Crippen LogP contribution >= 0.6 is 0 Å². The molecule has 1 aliphatic carbocycles. The summed E-state index contributed by atoms with van der Waals surface area (Å²) in [6.45, 7) is 1.08. The fraction of sp³-hybridized carbons (Fsp3) is 0.611. The number of nitrogens with one attached hydrogen (secondary N) is 1. The van der Waals surface area contributed by atoms with Crippen molar-refractivity contribution in [3.63, 3.8) is 0 Å². The normalized spacial score (nSPS) is 24.1. The third kappa shape index (κ3) is 3.68. The van der Waals surface area contributed by atoms with Gasteiger partial charge in [0, 0.05) is 18.5 Å². The minimum Gasteiger partial charge on any atom is -0.363 e. The first-order chi connectivity index (χ1) is 10.7. The summed E-state index contributed by atoms with van der Waals surface area (Å²) in [6.07, 6.45) is 7.12. The summed E-state index contributed by atoms with van der Waals surface area (Å²) in [4.78, 5) is 12.4. The Bertz CT molecular complexity index is 522. The molecule has 1 aromatic carbocycles. The third-order valence-corrected chi connectivity index (χ3v) is 4.97. The first-order valence-electron chi connectivity index (χ1n) is 8.41. The highest BCUT2D eigenvalue weighted by Gasteiger charge is 2.30. The average Bonchev–Trinajstić information content (AvgIpc) is 2.77. The smallest absolute Gasteiger partial charge is 0.249 e. The second-order valence-corrected chi connectivity index (χ2v) is 6.77. The van der Waals surface area contributed by atoms with Crippen molar-refractivity contribution in [2.75, 3.05) is 6.54 Å². The maximum absolute atomic E-state index is 12.4. The van der Waals surface area contributed by atoms with E-state index in [0.717, 1.165) is 12.8 Å². The number of fused-ring (bicyclic) bond motifs is 1. The number of carbonyl (C=O) groups is 1. The number of hydrogen-bond donors (Lipinski definition) is 2. The molecule has 0 bridgehead atoms. The Labute approximate surface area is 132 Å². The summed E-state index contributed by atoms with van der Waals surface area (Å²) in [7, 11) is 0. The second kappa shape index (κ2) is 6.80. The highest BCUT2D eigenvalue weighted by Crippen LogP contribution is 2.25. The molecule has 1 amide bonds. The molecule has 22 heavy (non-hydrogen) atoms. The first-order valence-corrected chi connectivity index (χ1v) is 8.41. The molecular formula is C18H26N2O2. The van der Waals surface area contributed by atoms with Crippen LogP contribution in [0.2, 0.25) is 0 Å². The average molecular weight is 302 g/mol. The largest absolute Gasteiger partial charge is 0.363 e. The lowest BCUT2D eigenvalue weighted by Gasteiger charge is -2.30. The van der Waals surface area contributed by atoms with Crippen molar-refractivity contribution in [2.24, 2.45) is 5.73 Å². The van der Waals surface area contributed by atoms with Crippen molar-refractivity contribution in [3.8, 4) is 0 Å². The van der Waals surface area contributed by atoms with E-state index < -0.39 is 0 Å². The molecule has 2 aliphatic rings. The zero-order chi connectivity index (χ0) is 15.4. The number of benzene rings is 1. The van der Waals surface area contributed by atoms with Gasteiger partial charge in [-0.25, -0.2) is 0 Å². The van der Waals surface area contributed by atoms with Crippen LogP contribution in [0.25, 0.3) is 0 Å². The molecule has 0 radical (unpaired) electrons. The summed E-state index contributed by atoms with van der Waals surface area (Å²) in [5.41, 5.74) is 8.62. The Morgan fingerprint density at radius 1 is 1.18 bits per heavy atom. The predicted octanol–water partition coefficient (Wildman–Crippen LogP) is 2.30. The predicted molar refractivity (Wildman–Crippen MR) is 86.4 cm³/mol. The quantitative estimate of drug-likeness (QED) is 0.842. The number of nitrogens with two attached hydrogens (primary N) is 1. The highest BCUT2D eigenvalue weighted by molar-refractivity contribution is 5.81. The van der Waals surface area contributed by atoms with Crippen LogP contribution < -0.4 is 11.1 Å². The molecule has 0 saturated heterocycles. The van der Waals surface area contributed by atoms with Crippen molar-refractivity contribution in [1.82, 2.24) is 5.32 Å². The van der Waals surface area contributed by atoms with Crippen LogP contribution in [0, 0.1) is 0 Å². The van der Waals surface area contributed by atoms with E-state index in [2.05, 4.69) is 17.4 Å². The van der Waals surface area contributed by atoms with Crippen LogP contribution in [-0.4, -0.2) is 24.1 Å². The fourth-order valence-electron chi connectivity index (χ4n) is 3.50. The van der Waals surface area contributed by atoms with Gasteiger partial charge >= 0.3 is 0 Å². The second-order valence-electron chi connectivity index (χ2n) is 6.77. The van der Waals surface area contributed by atoms with E-state index in [1.54, 1.807) is 0 Å². The SMILES string of the molecule is NC1(CNC(=O)[C@@H]2Cc3ccccc3CO2)CCCCCC1. The molecule has 4 heteroatoms. The molecule has 1 aliphatic heterocycles. The molecule has 1 aromatic rings. The summed E-state index contributed by atoms with van der Waals surface area (Å²) in [5.74, 6) is -0.0245. The van der Waals surface area contributed by atoms with Gasteiger partial charge in [-0.15, -0.1) is 0 Å². The number of carbonyl (C=O) groups excluding carboxylic acids is 1. The zero-order valence-corrected chi connectivity index (χ0v) is 13.1. The van der Waals surface area contributed by atoms with E-state index in [1.165, 1.54) is 36.8 Å². The lowest BCUT2D eigenvalue weighted by Crippen LogP contribution is -2.52. The van der Waals surface area contributed by atoms with Crippen molar-refractivity contribution >= 4 is 5.91 Å². The van der Waals surface area contributed by atoms with Crippen LogP contribution in [0.5, 0.6) is 0 Å². The molecule has 120 valence electrons. The van der Waals surface area contributed by atoms with Gasteiger partial charge in [0.25, 0.3) is 0 Å². The fourth-order valence-corrected chi connectivity index (χ4v) is 3.50. The summed E-state index contributed by atoms with van der Waals surface area (Å²) < 4.78 is 5.71. The Hall–Kier alpha value is -1.39. The minimum atomic E-state index is -0.385. The van der Waals surface area contributed by atoms with Gasteiger partial charge < -0.3 is 15.8 Å². The van der Waals surface area contributed by atoms with E-state index in [0.29, 0.717) is 19.6 Å². The molecule has 0 spiro atoms. The molecule has 4 nitrogen and oxygen atoms in total. The topological polar surface area (TPSA) is 64.3 Å². The van der Waals surface area contributed by atoms with Crippen molar-refractivity contribution in [1.29, 1.82) is 0 Å². The molecular weight excluding hydrogens is 276 g/mol. The lowest BCUT2D eigenvalue weighted by atomic mass is 9.91. The minimum absolute atomic E-state index is 0.0245. The van der Waals surface area contributed by atoms with Crippen molar-refractivity contribution < 1.29 is 9.53 Å². The zero-order valence-electron chi connectivity index (χ0n) is 13.1. The number of hydrogen-bond acceptors (Lipinski definition) is 3. The Morgan fingerprint density at radius 2 is 1.86 bits per heavy atom. The number of amides is 1. The van der Waals surface area contributed by atoms with Crippen LogP contribution in [0.15, 0.2) is 24.3 Å². The number of ether oxygens (including phenoxy) is 1. The maximum Gasteiger partial charge on any atom is 0.249 e. The summed E-state index contributed by atoms with van der Waals surface area (Å²) in [5, 5.41) is 3.03. The highest BCUT2D eigenvalue weighted by atomic mass is 16.5. The van der Waals surface area contributed by atoms with E-state index in [4.69, 9.17) is 10.5 Å². The number of rotatable bonds is 3. The van der Waals surface area contributed by atoms with Crippen LogP contribution in [0.4, 0.5) is 0 Å². The molecule has 3 N–H and O–H groups in total. The van der Waals surface area contributed by atoms with Crippen molar-refractivity contribution in [3.05, 3.63) is 35.4 Å². The molecule has 1 atom stereocenters. The van der Waals surface area contributed by atoms with Crippen LogP contribution in [-0.2, 0) is 22.6 Å². The van der Waals surface area contributed by atoms with Gasteiger partial charge in [0.2, 0.25) is 5.91 Å². The molecule has 0 aromatic heterocycles. The van der Waals surface area contributed by atoms with E-state index >= 15 is 0 Å². The standard InChI is InChI=1S/C18H26N2O2/c19-18(9-5-1-2-6-10-18)13-20-17(21)16-11-14-7-3-4-8-15(14)12-22-16/h3-4,7-8,16H,1-2,5-6,9-13,19H2,(H,20,21)/t16-/m0/s1. The summed E-state index contributed by atoms with van der Waals surface area (Å²) in [6, 6.07) is 8.16. The van der Waals surface area contributed by atoms with Gasteiger partial charge in [0.15, 0.2) is 0 Å². The van der Waals surface area contributed by atoms with Crippen LogP contribution in [0.1, 0.15) is 49.7 Å². The van der Waals surface area contributed by atoms with Gasteiger partial charge in [0.1, 0.15) is 6.10 Å². The molecule has 1 heterocycles. The Kier molecular flexibility index (Phi) is 4.79. The molecule has 1 saturated carbocycles. The lowest BCUT2D eigenvalue weighted by molar-refractivity contribution is -0.134. The van der Waals surface area contributed by atoms with E-state index in [9.17, 15) is 4.79 Å². The monoisotopic (exact) mass is 302 g/mol. The Morgan fingerprint density at radius 3 is 2.59 bits per heavy atom. The van der Waals surface area contributed by atoms with Crippen molar-refractivity contribution in [2.45, 2.75) is 63.2 Å². The van der Waals surface area contributed by atoms with Gasteiger partial charge in [-0.3, -0.25) is 4.79 Å².